The summed E-state index contributed by atoms with van der Waals surface area (Å²) in [5.74, 6) is 0.0661. The van der Waals surface area contributed by atoms with Crippen molar-refractivity contribution in [2.24, 2.45) is 11.1 Å². The van der Waals surface area contributed by atoms with E-state index in [1.807, 2.05) is 18.9 Å². The number of carbonyl (C=O) groups is 1. The van der Waals surface area contributed by atoms with E-state index >= 15 is 0 Å². The van der Waals surface area contributed by atoms with E-state index < -0.39 is 5.54 Å². The summed E-state index contributed by atoms with van der Waals surface area (Å²) in [5, 5.41) is 0. The molecule has 128 valence electrons. The molecule has 5 heteroatoms. The van der Waals surface area contributed by atoms with E-state index in [-0.39, 0.29) is 17.4 Å². The molecule has 0 aromatic carbocycles. The van der Waals surface area contributed by atoms with Crippen molar-refractivity contribution < 1.29 is 9.53 Å². The highest BCUT2D eigenvalue weighted by Crippen LogP contribution is 2.50. The van der Waals surface area contributed by atoms with Gasteiger partial charge in [-0.2, -0.15) is 0 Å². The maximum Gasteiger partial charge on any atom is 0.243 e. The van der Waals surface area contributed by atoms with Gasteiger partial charge in [0.05, 0.1) is 6.10 Å². The molecule has 0 bridgehead atoms. The van der Waals surface area contributed by atoms with Crippen molar-refractivity contribution in [3.8, 4) is 0 Å². The molecule has 0 radical (unpaired) electrons. The summed E-state index contributed by atoms with van der Waals surface area (Å²) in [4.78, 5) is 17.2. The second-order valence-corrected chi connectivity index (χ2v) is 7.45. The number of carbonyl (C=O) groups excluding carboxylic acids is 1. The summed E-state index contributed by atoms with van der Waals surface area (Å²) >= 11 is 0. The van der Waals surface area contributed by atoms with Crippen LogP contribution in [0.1, 0.15) is 47.0 Å². The lowest BCUT2D eigenvalue weighted by Gasteiger charge is -2.58. The fraction of sp³-hybridized carbons (Fsp3) is 0.941. The van der Waals surface area contributed by atoms with Crippen LogP contribution in [0.3, 0.4) is 0 Å². The standard InChI is InChI=1S/C17H33N3O2/c1-6-20-10-8-9-13(20)12-19(5)15(21)17(18)11-14(22-7-2)16(17,3)4/h13-14H,6-12,18H2,1-5H3. The highest BCUT2D eigenvalue weighted by Gasteiger charge is 2.63. The van der Waals surface area contributed by atoms with Gasteiger partial charge in [0.25, 0.3) is 0 Å². The lowest BCUT2D eigenvalue weighted by molar-refractivity contribution is -0.178. The zero-order valence-corrected chi connectivity index (χ0v) is 14.9. The van der Waals surface area contributed by atoms with Gasteiger partial charge in [0, 0.05) is 38.1 Å². The van der Waals surface area contributed by atoms with E-state index in [4.69, 9.17) is 10.5 Å². The average Bonchev–Trinajstić information content (AvgIpc) is 2.93. The first-order valence-corrected chi connectivity index (χ1v) is 8.68. The number of likely N-dealkylation sites (N-methyl/N-ethyl adjacent to an activating group) is 2. The molecule has 2 fully saturated rings. The first kappa shape index (κ1) is 17.7. The summed E-state index contributed by atoms with van der Waals surface area (Å²) in [6.07, 6.45) is 3.11. The van der Waals surface area contributed by atoms with Crippen LogP contribution < -0.4 is 5.73 Å². The van der Waals surface area contributed by atoms with E-state index in [0.29, 0.717) is 19.1 Å². The molecule has 3 atom stereocenters. The van der Waals surface area contributed by atoms with Gasteiger partial charge in [-0.1, -0.05) is 20.8 Å². The van der Waals surface area contributed by atoms with E-state index in [0.717, 1.165) is 19.6 Å². The number of rotatable bonds is 6. The summed E-state index contributed by atoms with van der Waals surface area (Å²) in [7, 11) is 1.90. The summed E-state index contributed by atoms with van der Waals surface area (Å²) in [6, 6.07) is 0.480. The second kappa shape index (κ2) is 6.46. The molecular formula is C17H33N3O2. The third-order valence-electron chi connectivity index (χ3n) is 5.95. The Morgan fingerprint density at radius 1 is 1.41 bits per heavy atom. The third kappa shape index (κ3) is 2.79. The molecule has 0 aromatic heterocycles. The molecule has 1 amide bonds. The van der Waals surface area contributed by atoms with Gasteiger partial charge >= 0.3 is 0 Å². The van der Waals surface area contributed by atoms with Crippen molar-refractivity contribution in [3.63, 3.8) is 0 Å². The Labute approximate surface area is 135 Å². The van der Waals surface area contributed by atoms with Gasteiger partial charge in [0.1, 0.15) is 5.54 Å². The molecule has 1 saturated carbocycles. The summed E-state index contributed by atoms with van der Waals surface area (Å²) in [6.45, 7) is 11.9. The zero-order chi connectivity index (χ0) is 16.5. The van der Waals surface area contributed by atoms with Crippen LogP contribution in [0.5, 0.6) is 0 Å². The van der Waals surface area contributed by atoms with Gasteiger partial charge in [-0.15, -0.1) is 0 Å². The Kier molecular flexibility index (Phi) is 5.20. The van der Waals surface area contributed by atoms with Gasteiger partial charge in [0.15, 0.2) is 0 Å². The fourth-order valence-electron chi connectivity index (χ4n) is 4.06. The Morgan fingerprint density at radius 2 is 2.09 bits per heavy atom. The number of hydrogen-bond acceptors (Lipinski definition) is 4. The SMILES string of the molecule is CCOC1CC(N)(C(=O)N(C)CC2CCCN2CC)C1(C)C. The normalized spacial score (nSPS) is 34.5. The Hall–Kier alpha value is -0.650. The highest BCUT2D eigenvalue weighted by molar-refractivity contribution is 5.88. The van der Waals surface area contributed by atoms with E-state index in [9.17, 15) is 4.79 Å². The average molecular weight is 311 g/mol. The minimum Gasteiger partial charge on any atom is -0.378 e. The number of amides is 1. The topological polar surface area (TPSA) is 58.8 Å². The summed E-state index contributed by atoms with van der Waals surface area (Å²) < 4.78 is 5.73. The van der Waals surface area contributed by atoms with Crippen LogP contribution in [0.25, 0.3) is 0 Å². The quantitative estimate of drug-likeness (QED) is 0.807. The monoisotopic (exact) mass is 311 g/mol. The van der Waals surface area contributed by atoms with Crippen molar-refractivity contribution >= 4 is 5.91 Å². The largest absolute Gasteiger partial charge is 0.378 e. The fourth-order valence-corrected chi connectivity index (χ4v) is 4.06. The van der Waals surface area contributed by atoms with E-state index in [1.54, 1.807) is 0 Å². The van der Waals surface area contributed by atoms with E-state index in [1.165, 1.54) is 12.8 Å². The molecule has 2 aliphatic rings. The third-order valence-corrected chi connectivity index (χ3v) is 5.95. The van der Waals surface area contributed by atoms with Crippen molar-refractivity contribution in [1.29, 1.82) is 0 Å². The molecule has 2 N–H and O–H groups in total. The molecule has 0 spiro atoms. The molecule has 0 aromatic rings. The summed E-state index contributed by atoms with van der Waals surface area (Å²) in [5.41, 5.74) is 5.40. The second-order valence-electron chi connectivity index (χ2n) is 7.45. The number of ether oxygens (including phenoxy) is 1. The molecule has 2 rings (SSSR count). The van der Waals surface area contributed by atoms with Crippen molar-refractivity contribution in [2.45, 2.75) is 64.6 Å². The van der Waals surface area contributed by atoms with Gasteiger partial charge in [-0.3, -0.25) is 9.69 Å². The number of nitrogens with two attached hydrogens (primary N) is 1. The molecule has 1 aliphatic heterocycles. The van der Waals surface area contributed by atoms with Crippen LogP contribution in [-0.2, 0) is 9.53 Å². The minimum atomic E-state index is -0.794. The highest BCUT2D eigenvalue weighted by atomic mass is 16.5. The first-order chi connectivity index (χ1) is 10.3. The zero-order valence-electron chi connectivity index (χ0n) is 14.9. The van der Waals surface area contributed by atoms with Crippen molar-refractivity contribution in [2.75, 3.05) is 33.3 Å². The molecule has 1 heterocycles. The molecule has 1 aliphatic carbocycles. The maximum atomic E-state index is 12.9. The molecule has 5 nitrogen and oxygen atoms in total. The van der Waals surface area contributed by atoms with E-state index in [2.05, 4.69) is 25.7 Å². The van der Waals surface area contributed by atoms with Crippen LogP contribution in [-0.4, -0.2) is 66.7 Å². The Balaban J connectivity index is 1.99. The Bertz CT molecular complexity index is 413. The predicted molar refractivity (Wildman–Crippen MR) is 88.6 cm³/mol. The number of nitrogens with zero attached hydrogens (tertiary/aromatic N) is 2. The molecule has 1 saturated heterocycles. The molecule has 3 unspecified atom stereocenters. The lowest BCUT2D eigenvalue weighted by Crippen LogP contribution is -2.76. The molecule has 22 heavy (non-hydrogen) atoms. The lowest BCUT2D eigenvalue weighted by atomic mass is 9.54. The van der Waals surface area contributed by atoms with Crippen LogP contribution >= 0.6 is 0 Å². The number of hydrogen-bond donors (Lipinski definition) is 1. The van der Waals surface area contributed by atoms with Crippen LogP contribution in [0.2, 0.25) is 0 Å². The van der Waals surface area contributed by atoms with Crippen molar-refractivity contribution in [1.82, 2.24) is 9.80 Å². The Morgan fingerprint density at radius 3 is 2.64 bits per heavy atom. The van der Waals surface area contributed by atoms with Gasteiger partial charge in [-0.25, -0.2) is 0 Å². The van der Waals surface area contributed by atoms with Crippen LogP contribution in [0, 0.1) is 5.41 Å². The predicted octanol–water partition coefficient (Wildman–Crippen LogP) is 1.46. The van der Waals surface area contributed by atoms with Crippen LogP contribution in [0.15, 0.2) is 0 Å². The smallest absolute Gasteiger partial charge is 0.243 e. The van der Waals surface area contributed by atoms with Crippen molar-refractivity contribution in [3.05, 3.63) is 0 Å². The van der Waals surface area contributed by atoms with Gasteiger partial charge in [-0.05, 0) is 32.9 Å². The maximum absolute atomic E-state index is 12.9. The van der Waals surface area contributed by atoms with Crippen LogP contribution in [0.4, 0.5) is 0 Å². The molecular weight excluding hydrogens is 278 g/mol. The van der Waals surface area contributed by atoms with Gasteiger partial charge < -0.3 is 15.4 Å². The number of likely N-dealkylation sites (tertiary alicyclic amines) is 1. The first-order valence-electron chi connectivity index (χ1n) is 8.68. The minimum absolute atomic E-state index is 0.0661. The van der Waals surface area contributed by atoms with Gasteiger partial charge in [0.2, 0.25) is 5.91 Å².